The smallest absolute Gasteiger partial charge is 0.0709 e. The summed E-state index contributed by atoms with van der Waals surface area (Å²) < 4.78 is 0.977. The fourth-order valence-corrected chi connectivity index (χ4v) is 1.35. The molecule has 0 aliphatic rings. The van der Waals surface area contributed by atoms with Crippen LogP contribution >= 0.6 is 28.3 Å². The Balaban J connectivity index is 0.000001000. The second-order valence-electron chi connectivity index (χ2n) is 2.16. The Bertz CT molecular complexity index is 227. The molecular weight excluding hydrogens is 227 g/mol. The van der Waals surface area contributed by atoms with Gasteiger partial charge in [-0.2, -0.15) is 0 Å². The second kappa shape index (κ2) is 4.70. The topological polar surface area (TPSA) is 38.9 Å². The van der Waals surface area contributed by atoms with Crippen LogP contribution in [0.25, 0.3) is 0 Å². The standard InChI is InChI=1S/C7H9BrN2.ClH/c1-5(9)7-6(8)3-2-4-10-7;/h2-5H,9H2,1H3;1H/t5-;/m0./s1. The predicted molar refractivity (Wildman–Crippen MR) is 51.8 cm³/mol. The zero-order chi connectivity index (χ0) is 7.56. The van der Waals surface area contributed by atoms with E-state index in [9.17, 15) is 0 Å². The van der Waals surface area contributed by atoms with Crippen molar-refractivity contribution >= 4 is 28.3 Å². The van der Waals surface area contributed by atoms with Crippen LogP contribution in [0.2, 0.25) is 0 Å². The zero-order valence-corrected chi connectivity index (χ0v) is 8.52. The van der Waals surface area contributed by atoms with E-state index in [4.69, 9.17) is 5.73 Å². The molecule has 2 N–H and O–H groups in total. The summed E-state index contributed by atoms with van der Waals surface area (Å²) in [6.45, 7) is 1.91. The molecule has 2 nitrogen and oxygen atoms in total. The Morgan fingerprint density at radius 3 is 2.64 bits per heavy atom. The van der Waals surface area contributed by atoms with E-state index in [1.54, 1.807) is 6.20 Å². The van der Waals surface area contributed by atoms with Crippen LogP contribution in [-0.4, -0.2) is 4.98 Å². The van der Waals surface area contributed by atoms with E-state index < -0.39 is 0 Å². The van der Waals surface area contributed by atoms with Crippen LogP contribution in [0.4, 0.5) is 0 Å². The number of pyridine rings is 1. The molecule has 0 aliphatic carbocycles. The first-order chi connectivity index (χ1) is 4.72. The summed E-state index contributed by atoms with van der Waals surface area (Å²) >= 11 is 3.35. The molecule has 0 radical (unpaired) electrons. The van der Waals surface area contributed by atoms with Gasteiger partial charge in [0.2, 0.25) is 0 Å². The lowest BCUT2D eigenvalue weighted by Gasteiger charge is -2.04. The van der Waals surface area contributed by atoms with Gasteiger partial charge in [0.05, 0.1) is 5.69 Å². The first-order valence-corrected chi connectivity index (χ1v) is 3.87. The Morgan fingerprint density at radius 1 is 1.64 bits per heavy atom. The molecule has 0 aromatic carbocycles. The average molecular weight is 238 g/mol. The van der Waals surface area contributed by atoms with Crippen LogP contribution in [0.1, 0.15) is 18.7 Å². The highest BCUT2D eigenvalue weighted by Gasteiger charge is 2.03. The van der Waals surface area contributed by atoms with Gasteiger partial charge in [0.25, 0.3) is 0 Å². The highest BCUT2D eigenvalue weighted by molar-refractivity contribution is 9.10. The molecule has 1 atom stereocenters. The molecule has 11 heavy (non-hydrogen) atoms. The Morgan fingerprint density at radius 2 is 2.27 bits per heavy atom. The summed E-state index contributed by atoms with van der Waals surface area (Å²) in [4.78, 5) is 4.11. The van der Waals surface area contributed by atoms with Gasteiger partial charge in [0, 0.05) is 16.7 Å². The summed E-state index contributed by atoms with van der Waals surface area (Å²) in [7, 11) is 0. The predicted octanol–water partition coefficient (Wildman–Crippen LogP) is 2.29. The molecule has 0 amide bonds. The van der Waals surface area contributed by atoms with Crippen molar-refractivity contribution in [2.45, 2.75) is 13.0 Å². The maximum absolute atomic E-state index is 5.62. The van der Waals surface area contributed by atoms with Gasteiger partial charge in [-0.05, 0) is 35.0 Å². The van der Waals surface area contributed by atoms with Gasteiger partial charge in [-0.25, -0.2) is 0 Å². The van der Waals surface area contributed by atoms with Crippen LogP contribution in [0.3, 0.4) is 0 Å². The Hall–Kier alpha value is -0.120. The number of nitrogens with zero attached hydrogens (tertiary/aromatic N) is 1. The maximum Gasteiger partial charge on any atom is 0.0709 e. The minimum Gasteiger partial charge on any atom is -0.323 e. The fourth-order valence-electron chi connectivity index (χ4n) is 0.733. The zero-order valence-electron chi connectivity index (χ0n) is 6.12. The van der Waals surface area contributed by atoms with Gasteiger partial charge in [-0.3, -0.25) is 4.98 Å². The van der Waals surface area contributed by atoms with E-state index in [-0.39, 0.29) is 18.4 Å². The minimum absolute atomic E-state index is 0. The van der Waals surface area contributed by atoms with Crippen LogP contribution < -0.4 is 5.73 Å². The molecule has 0 saturated heterocycles. The van der Waals surface area contributed by atoms with Crippen LogP contribution in [0, 0.1) is 0 Å². The maximum atomic E-state index is 5.62. The molecule has 0 aliphatic heterocycles. The van der Waals surface area contributed by atoms with E-state index in [0.29, 0.717) is 0 Å². The average Bonchev–Trinajstić information content (AvgIpc) is 1.88. The van der Waals surface area contributed by atoms with Crippen molar-refractivity contribution in [3.8, 4) is 0 Å². The molecule has 0 saturated carbocycles. The first-order valence-electron chi connectivity index (χ1n) is 3.08. The van der Waals surface area contributed by atoms with E-state index in [1.165, 1.54) is 0 Å². The molecule has 4 heteroatoms. The summed E-state index contributed by atoms with van der Waals surface area (Å²) in [6, 6.07) is 3.80. The van der Waals surface area contributed by atoms with Crippen molar-refractivity contribution in [2.75, 3.05) is 0 Å². The molecule has 1 heterocycles. The van der Waals surface area contributed by atoms with Crippen molar-refractivity contribution in [1.29, 1.82) is 0 Å². The third-order valence-electron chi connectivity index (χ3n) is 1.22. The first kappa shape index (κ1) is 10.9. The quantitative estimate of drug-likeness (QED) is 0.814. The molecule has 1 rings (SSSR count). The fraction of sp³-hybridized carbons (Fsp3) is 0.286. The van der Waals surface area contributed by atoms with Gasteiger partial charge in [0.1, 0.15) is 0 Å². The number of nitrogens with two attached hydrogens (primary N) is 1. The Labute approximate surface area is 80.7 Å². The molecule has 1 aromatic rings. The summed E-state index contributed by atoms with van der Waals surface area (Å²) in [5, 5.41) is 0. The van der Waals surface area contributed by atoms with Crippen LogP contribution in [0.5, 0.6) is 0 Å². The number of rotatable bonds is 1. The van der Waals surface area contributed by atoms with E-state index in [2.05, 4.69) is 20.9 Å². The van der Waals surface area contributed by atoms with Gasteiger partial charge in [0.15, 0.2) is 0 Å². The second-order valence-corrected chi connectivity index (χ2v) is 3.01. The van der Waals surface area contributed by atoms with Crippen molar-refractivity contribution in [2.24, 2.45) is 5.73 Å². The lowest BCUT2D eigenvalue weighted by Crippen LogP contribution is -2.07. The van der Waals surface area contributed by atoms with Gasteiger partial charge in [-0.1, -0.05) is 0 Å². The van der Waals surface area contributed by atoms with Gasteiger partial charge in [-0.15, -0.1) is 12.4 Å². The van der Waals surface area contributed by atoms with Crippen LogP contribution in [0.15, 0.2) is 22.8 Å². The summed E-state index contributed by atoms with van der Waals surface area (Å²) in [5.74, 6) is 0. The Kier molecular flexibility index (Phi) is 4.65. The number of hydrogen-bond donors (Lipinski definition) is 1. The normalized spacial score (nSPS) is 11.9. The SMILES string of the molecule is C[C@H](N)c1ncccc1Br.Cl. The lowest BCUT2D eigenvalue weighted by atomic mass is 10.2. The molecule has 62 valence electrons. The number of hydrogen-bond acceptors (Lipinski definition) is 2. The van der Waals surface area contributed by atoms with Crippen molar-refractivity contribution in [3.05, 3.63) is 28.5 Å². The monoisotopic (exact) mass is 236 g/mol. The number of halogens is 2. The third kappa shape index (κ3) is 2.77. The van der Waals surface area contributed by atoms with Gasteiger partial charge >= 0.3 is 0 Å². The van der Waals surface area contributed by atoms with Crippen molar-refractivity contribution < 1.29 is 0 Å². The van der Waals surface area contributed by atoms with Gasteiger partial charge < -0.3 is 5.73 Å². The number of aromatic nitrogens is 1. The molecule has 0 spiro atoms. The van der Waals surface area contributed by atoms with E-state index >= 15 is 0 Å². The highest BCUT2D eigenvalue weighted by atomic mass is 79.9. The van der Waals surface area contributed by atoms with E-state index in [1.807, 2.05) is 19.1 Å². The molecule has 0 bridgehead atoms. The lowest BCUT2D eigenvalue weighted by molar-refractivity contribution is 0.775. The largest absolute Gasteiger partial charge is 0.323 e. The molecule has 0 unspecified atom stereocenters. The molecule has 0 fully saturated rings. The summed E-state index contributed by atoms with van der Waals surface area (Å²) in [5.41, 5.74) is 6.53. The minimum atomic E-state index is -0.00410. The highest BCUT2D eigenvalue weighted by Crippen LogP contribution is 2.17. The van der Waals surface area contributed by atoms with Crippen molar-refractivity contribution in [1.82, 2.24) is 4.98 Å². The molecular formula is C7H10BrClN2. The van der Waals surface area contributed by atoms with Crippen LogP contribution in [-0.2, 0) is 0 Å². The van der Waals surface area contributed by atoms with E-state index in [0.717, 1.165) is 10.2 Å². The van der Waals surface area contributed by atoms with Crippen molar-refractivity contribution in [3.63, 3.8) is 0 Å². The summed E-state index contributed by atoms with van der Waals surface area (Å²) in [6.07, 6.45) is 1.74. The molecule has 1 aromatic heterocycles. The third-order valence-corrected chi connectivity index (χ3v) is 1.89.